The van der Waals surface area contributed by atoms with Gasteiger partial charge in [-0.3, -0.25) is 4.79 Å². The highest BCUT2D eigenvalue weighted by Crippen LogP contribution is 2.72. The predicted molar refractivity (Wildman–Crippen MR) is 136 cm³/mol. The molecule has 9 atom stereocenters. The fourth-order valence-corrected chi connectivity index (χ4v) is 9.75. The molecule has 0 radical (unpaired) electrons. The maximum atomic E-state index is 12.3. The molecule has 1 aliphatic heterocycles. The molecular formula is C30H46N2O3. The second kappa shape index (κ2) is 9.47. The van der Waals surface area contributed by atoms with E-state index in [2.05, 4.69) is 36.9 Å². The van der Waals surface area contributed by atoms with Crippen molar-refractivity contribution in [3.05, 3.63) is 0 Å². The first-order valence-corrected chi connectivity index (χ1v) is 14.4. The summed E-state index contributed by atoms with van der Waals surface area (Å²) in [6, 6.07) is 0. The van der Waals surface area contributed by atoms with Crippen LogP contribution < -0.4 is 0 Å². The molecule has 194 valence electrons. The second-order valence-electron chi connectivity index (χ2n) is 13.3. The van der Waals surface area contributed by atoms with Gasteiger partial charge in [-0.15, -0.1) is 12.3 Å². The van der Waals surface area contributed by atoms with Gasteiger partial charge in [-0.2, -0.15) is 10.2 Å². The van der Waals surface area contributed by atoms with E-state index in [9.17, 15) is 9.90 Å². The molecule has 4 aliphatic carbocycles. The van der Waals surface area contributed by atoms with Gasteiger partial charge in [-0.25, -0.2) is 0 Å². The minimum absolute atomic E-state index is 0.0504. The third-order valence-corrected chi connectivity index (χ3v) is 11.6. The summed E-state index contributed by atoms with van der Waals surface area (Å²) in [5, 5.41) is 19.8. The lowest BCUT2D eigenvalue weighted by Crippen LogP contribution is -2.59. The van der Waals surface area contributed by atoms with Crippen LogP contribution in [0.25, 0.3) is 0 Å². The molecule has 5 heteroatoms. The zero-order valence-corrected chi connectivity index (χ0v) is 22.2. The zero-order valence-electron chi connectivity index (χ0n) is 22.2. The minimum atomic E-state index is -0.191. The van der Waals surface area contributed by atoms with Crippen molar-refractivity contribution < 1.29 is 14.6 Å². The van der Waals surface area contributed by atoms with Crippen LogP contribution in [0.1, 0.15) is 104 Å². The molecule has 5 nitrogen and oxygen atoms in total. The van der Waals surface area contributed by atoms with E-state index in [0.29, 0.717) is 42.1 Å². The highest BCUT2D eigenvalue weighted by atomic mass is 16.5. The molecule has 4 fully saturated rings. The summed E-state index contributed by atoms with van der Waals surface area (Å²) in [6.07, 6.45) is 18.4. The summed E-state index contributed by atoms with van der Waals surface area (Å²) >= 11 is 0. The fraction of sp³-hybridized carbons (Fsp3) is 0.900. The van der Waals surface area contributed by atoms with Crippen molar-refractivity contribution in [1.82, 2.24) is 0 Å². The van der Waals surface area contributed by atoms with Gasteiger partial charge >= 0.3 is 5.97 Å². The molecule has 1 heterocycles. The Labute approximate surface area is 212 Å². The van der Waals surface area contributed by atoms with Gasteiger partial charge in [0.2, 0.25) is 0 Å². The average molecular weight is 483 g/mol. The van der Waals surface area contributed by atoms with Gasteiger partial charge in [-0.05, 0) is 105 Å². The lowest BCUT2D eigenvalue weighted by molar-refractivity contribution is -0.147. The number of esters is 1. The molecule has 1 N–H and O–H groups in total. The first-order valence-electron chi connectivity index (χ1n) is 14.4. The Kier molecular flexibility index (Phi) is 6.83. The van der Waals surface area contributed by atoms with E-state index in [1.807, 2.05) is 0 Å². The lowest BCUT2D eigenvalue weighted by Gasteiger charge is -2.62. The van der Waals surface area contributed by atoms with Crippen molar-refractivity contribution in [3.8, 4) is 12.3 Å². The molecule has 0 amide bonds. The smallest absolute Gasteiger partial charge is 0.305 e. The number of carbonyl (C=O) groups is 1. The van der Waals surface area contributed by atoms with Crippen LogP contribution in [-0.4, -0.2) is 29.4 Å². The Morgan fingerprint density at radius 1 is 1.11 bits per heavy atom. The quantitative estimate of drug-likeness (QED) is 0.242. The van der Waals surface area contributed by atoms with Crippen LogP contribution in [-0.2, 0) is 9.53 Å². The number of aliphatic hydroxyl groups excluding tert-OH is 1. The third-order valence-electron chi connectivity index (χ3n) is 11.6. The Bertz CT molecular complexity index is 873. The van der Waals surface area contributed by atoms with Crippen molar-refractivity contribution in [1.29, 1.82) is 0 Å². The molecule has 0 saturated heterocycles. The number of fused-ring (bicyclic) bond motifs is 6. The standard InChI is InChI=1S/C30H46N2O3/c1-5-6-7-8-17-35-27(34)12-9-20(2)23-10-11-24-22-19-30(31-32-30)26-18-21(33)13-15-29(26,4)25(22)14-16-28(23,24)3/h1,20-26,33H,6-19H2,2-4H3/t20-,21+,22?,23-,24?,25?,26+,28-,29-/m1/s1. The maximum absolute atomic E-state index is 12.3. The van der Waals surface area contributed by atoms with Crippen molar-refractivity contribution in [3.63, 3.8) is 0 Å². The molecule has 0 aromatic heterocycles. The highest BCUT2D eigenvalue weighted by molar-refractivity contribution is 5.69. The zero-order chi connectivity index (χ0) is 24.8. The third kappa shape index (κ3) is 4.36. The van der Waals surface area contributed by atoms with E-state index in [0.717, 1.165) is 63.2 Å². The number of ether oxygens (including phenoxy) is 1. The Morgan fingerprint density at radius 3 is 2.60 bits per heavy atom. The van der Waals surface area contributed by atoms with Crippen LogP contribution in [0.3, 0.4) is 0 Å². The van der Waals surface area contributed by atoms with E-state index in [1.165, 1.54) is 25.7 Å². The normalized spacial score (nSPS) is 43.5. The number of hydrogen-bond acceptors (Lipinski definition) is 5. The van der Waals surface area contributed by atoms with Gasteiger partial charge in [-0.1, -0.05) is 20.8 Å². The van der Waals surface area contributed by atoms with Crippen LogP contribution in [0.4, 0.5) is 0 Å². The predicted octanol–water partition coefficient (Wildman–Crippen LogP) is 6.54. The second-order valence-corrected chi connectivity index (χ2v) is 13.3. The number of rotatable bonds is 8. The van der Waals surface area contributed by atoms with Gasteiger partial charge in [0.1, 0.15) is 0 Å². The fourth-order valence-electron chi connectivity index (χ4n) is 9.75. The van der Waals surface area contributed by atoms with Gasteiger partial charge in [0, 0.05) is 25.2 Å². The number of nitrogens with zero attached hydrogens (tertiary/aromatic N) is 2. The van der Waals surface area contributed by atoms with Crippen LogP contribution in [0.2, 0.25) is 0 Å². The van der Waals surface area contributed by atoms with Crippen molar-refractivity contribution in [2.75, 3.05) is 6.61 Å². The minimum Gasteiger partial charge on any atom is -0.466 e. The molecule has 35 heavy (non-hydrogen) atoms. The van der Waals surface area contributed by atoms with E-state index in [4.69, 9.17) is 11.2 Å². The number of terminal acetylenes is 1. The van der Waals surface area contributed by atoms with Gasteiger partial charge in [0.25, 0.3) is 0 Å². The topological polar surface area (TPSA) is 71.2 Å². The van der Waals surface area contributed by atoms with E-state index in [1.54, 1.807) is 0 Å². The molecule has 0 bridgehead atoms. The molecule has 3 unspecified atom stereocenters. The first-order chi connectivity index (χ1) is 16.7. The highest BCUT2D eigenvalue weighted by Gasteiger charge is 2.69. The molecular weight excluding hydrogens is 436 g/mol. The first kappa shape index (κ1) is 25.2. The monoisotopic (exact) mass is 482 g/mol. The number of unbranched alkanes of at least 4 members (excludes halogenated alkanes) is 2. The number of aliphatic hydroxyl groups is 1. The molecule has 4 saturated carbocycles. The number of carbonyl (C=O) groups excluding carboxylic acids is 1. The summed E-state index contributed by atoms with van der Waals surface area (Å²) in [4.78, 5) is 12.3. The summed E-state index contributed by atoms with van der Waals surface area (Å²) in [7, 11) is 0. The van der Waals surface area contributed by atoms with Gasteiger partial charge in [0.15, 0.2) is 5.66 Å². The largest absolute Gasteiger partial charge is 0.466 e. The molecule has 0 aromatic rings. The lowest BCUT2D eigenvalue weighted by atomic mass is 9.42. The summed E-state index contributed by atoms with van der Waals surface area (Å²) < 4.78 is 5.46. The van der Waals surface area contributed by atoms with Crippen LogP contribution in [0, 0.1) is 58.7 Å². The van der Waals surface area contributed by atoms with Crippen LogP contribution in [0.15, 0.2) is 10.2 Å². The van der Waals surface area contributed by atoms with E-state index >= 15 is 0 Å². The molecule has 0 aromatic carbocycles. The van der Waals surface area contributed by atoms with E-state index < -0.39 is 0 Å². The van der Waals surface area contributed by atoms with Crippen LogP contribution >= 0.6 is 0 Å². The Balaban J connectivity index is 1.21. The SMILES string of the molecule is C#CCCCCOC(=O)CC[C@@H](C)[C@H]1CCC2C3CC4(N=N4)[C@H]4C[C@@H](O)CC[C@]4(C)C3CC[C@@]21C. The van der Waals surface area contributed by atoms with E-state index in [-0.39, 0.29) is 23.2 Å². The maximum Gasteiger partial charge on any atom is 0.305 e. The molecule has 5 rings (SSSR count). The summed E-state index contributed by atoms with van der Waals surface area (Å²) in [5.41, 5.74) is 0.428. The molecule has 1 spiro atoms. The van der Waals surface area contributed by atoms with Crippen molar-refractivity contribution in [2.45, 2.75) is 116 Å². The van der Waals surface area contributed by atoms with Gasteiger partial charge < -0.3 is 9.84 Å². The van der Waals surface area contributed by atoms with Crippen molar-refractivity contribution >= 4 is 5.97 Å². The Morgan fingerprint density at radius 2 is 1.86 bits per heavy atom. The number of hydrogen-bond donors (Lipinski definition) is 1. The summed E-state index contributed by atoms with van der Waals surface area (Å²) in [5.74, 6) is 6.42. The summed E-state index contributed by atoms with van der Waals surface area (Å²) in [6.45, 7) is 7.95. The Hall–Kier alpha value is -1.41. The van der Waals surface area contributed by atoms with Crippen LogP contribution in [0.5, 0.6) is 0 Å². The van der Waals surface area contributed by atoms with Crippen molar-refractivity contribution in [2.24, 2.45) is 56.6 Å². The molecule has 5 aliphatic rings. The average Bonchev–Trinajstić information content (AvgIpc) is 3.50. The van der Waals surface area contributed by atoms with Gasteiger partial charge in [0.05, 0.1) is 12.7 Å².